The number of nitrogens with one attached hydrogen (secondary N) is 1. The van der Waals surface area contributed by atoms with Gasteiger partial charge in [0.2, 0.25) is 5.95 Å². The van der Waals surface area contributed by atoms with Crippen LogP contribution in [0.5, 0.6) is 0 Å². The van der Waals surface area contributed by atoms with Crippen LogP contribution < -0.4 is 10.2 Å². The quantitative estimate of drug-likeness (QED) is 0.717. The van der Waals surface area contributed by atoms with E-state index >= 15 is 0 Å². The van der Waals surface area contributed by atoms with Gasteiger partial charge in [0.25, 0.3) is 0 Å². The van der Waals surface area contributed by atoms with Gasteiger partial charge in [-0.1, -0.05) is 6.92 Å². The van der Waals surface area contributed by atoms with Crippen LogP contribution in [0.3, 0.4) is 0 Å². The van der Waals surface area contributed by atoms with E-state index in [1.807, 2.05) is 39.2 Å². The third kappa shape index (κ3) is 4.12. The van der Waals surface area contributed by atoms with Gasteiger partial charge in [-0.05, 0) is 0 Å². The van der Waals surface area contributed by atoms with E-state index in [0.717, 1.165) is 36.2 Å². The number of rotatable bonds is 7. The summed E-state index contributed by atoms with van der Waals surface area (Å²) in [5.74, 6) is 2.39. The third-order valence-electron chi connectivity index (χ3n) is 2.59. The van der Waals surface area contributed by atoms with Crippen molar-refractivity contribution in [2.75, 3.05) is 37.0 Å². The average molecular weight is 258 g/mol. The summed E-state index contributed by atoms with van der Waals surface area (Å²) in [6, 6.07) is 0. The van der Waals surface area contributed by atoms with Crippen molar-refractivity contribution < 1.29 is 4.21 Å². The summed E-state index contributed by atoms with van der Waals surface area (Å²) in [5.41, 5.74) is 1.14. The van der Waals surface area contributed by atoms with E-state index in [1.165, 1.54) is 0 Å². The highest BCUT2D eigenvalue weighted by atomic mass is 32.2. The van der Waals surface area contributed by atoms with Crippen molar-refractivity contribution in [1.29, 1.82) is 0 Å². The van der Waals surface area contributed by atoms with E-state index in [2.05, 4.69) is 14.9 Å². The summed E-state index contributed by atoms with van der Waals surface area (Å²) in [6.45, 7) is 3.49. The fourth-order valence-corrected chi connectivity index (χ4v) is 2.22. The van der Waals surface area contributed by atoms with Crippen molar-refractivity contribution in [3.05, 3.63) is 11.9 Å². The Kier molecular flexibility index (Phi) is 5.64. The summed E-state index contributed by atoms with van der Waals surface area (Å²) in [6.07, 6.45) is 1.87. The molecule has 0 bridgehead atoms. The lowest BCUT2D eigenvalue weighted by Gasteiger charge is -2.12. The normalized spacial score (nSPS) is 12.7. The Morgan fingerprint density at radius 1 is 1.53 bits per heavy atom. The Morgan fingerprint density at radius 3 is 2.76 bits per heavy atom. The highest BCUT2D eigenvalue weighted by Gasteiger charge is 2.07. The van der Waals surface area contributed by atoms with Gasteiger partial charge in [0, 0.05) is 56.5 Å². The zero-order chi connectivity index (χ0) is 12.8. The van der Waals surface area contributed by atoms with Crippen LogP contribution in [-0.4, -0.2) is 45.9 Å². The molecule has 1 heterocycles. The zero-order valence-corrected chi connectivity index (χ0v) is 11.9. The van der Waals surface area contributed by atoms with Crippen molar-refractivity contribution in [2.24, 2.45) is 7.05 Å². The Morgan fingerprint density at radius 2 is 2.24 bits per heavy atom. The lowest BCUT2D eigenvalue weighted by molar-refractivity contribution is 0.662. The van der Waals surface area contributed by atoms with Crippen molar-refractivity contribution in [3.8, 4) is 0 Å². The first-order chi connectivity index (χ1) is 8.06. The number of nitrogens with zero attached hydrogens (tertiary/aromatic N) is 3. The van der Waals surface area contributed by atoms with Gasteiger partial charge in [-0.2, -0.15) is 0 Å². The molecule has 0 saturated heterocycles. The van der Waals surface area contributed by atoms with Crippen molar-refractivity contribution in [2.45, 2.75) is 13.5 Å². The predicted octanol–water partition coefficient (Wildman–Crippen LogP) is 0.344. The molecule has 98 valence electrons. The minimum absolute atomic E-state index is 0.685. The van der Waals surface area contributed by atoms with Gasteiger partial charge in [0.15, 0.2) is 0 Å². The van der Waals surface area contributed by atoms with Crippen LogP contribution in [0.1, 0.15) is 12.6 Å². The number of hydrogen-bond acceptors (Lipinski definition) is 4. The average Bonchev–Trinajstić information content (AvgIpc) is 2.66. The fourth-order valence-electron chi connectivity index (χ4n) is 1.56. The lowest BCUT2D eigenvalue weighted by Crippen LogP contribution is -2.22. The van der Waals surface area contributed by atoms with Gasteiger partial charge in [0.1, 0.15) is 0 Å². The second-order valence-electron chi connectivity index (χ2n) is 4.11. The summed E-state index contributed by atoms with van der Waals surface area (Å²) in [7, 11) is 5.27. The van der Waals surface area contributed by atoms with E-state index in [0.29, 0.717) is 0 Å². The highest BCUT2D eigenvalue weighted by Crippen LogP contribution is 2.10. The molecule has 0 aliphatic rings. The Hall–Kier alpha value is -0.880. The molecule has 0 aliphatic carbocycles. The first-order valence-corrected chi connectivity index (χ1v) is 7.28. The van der Waals surface area contributed by atoms with Crippen LogP contribution in [0.2, 0.25) is 0 Å². The SMILES string of the molecule is CCS(=O)CCNCc1cnc(N(C)C)n1C. The maximum atomic E-state index is 11.2. The van der Waals surface area contributed by atoms with Crippen LogP contribution in [0.15, 0.2) is 6.20 Å². The number of anilines is 1. The van der Waals surface area contributed by atoms with Gasteiger partial charge in [-0.3, -0.25) is 4.21 Å². The Labute approximate surface area is 106 Å². The summed E-state index contributed by atoms with van der Waals surface area (Å²) < 4.78 is 13.3. The van der Waals surface area contributed by atoms with Crippen molar-refractivity contribution in [3.63, 3.8) is 0 Å². The van der Waals surface area contributed by atoms with Gasteiger partial charge < -0.3 is 14.8 Å². The molecular weight excluding hydrogens is 236 g/mol. The monoisotopic (exact) mass is 258 g/mol. The number of hydrogen-bond donors (Lipinski definition) is 1. The number of imidazole rings is 1. The first-order valence-electron chi connectivity index (χ1n) is 5.79. The van der Waals surface area contributed by atoms with Gasteiger partial charge in [-0.15, -0.1) is 0 Å². The molecule has 0 amide bonds. The molecule has 1 aromatic rings. The van der Waals surface area contributed by atoms with E-state index < -0.39 is 10.8 Å². The molecule has 0 aliphatic heterocycles. The Balaban J connectivity index is 2.40. The third-order valence-corrected chi connectivity index (χ3v) is 3.90. The van der Waals surface area contributed by atoms with Crippen LogP contribution in [0.25, 0.3) is 0 Å². The second kappa shape index (κ2) is 6.76. The topological polar surface area (TPSA) is 50.2 Å². The Bertz CT molecular complexity index is 376. The fraction of sp³-hybridized carbons (Fsp3) is 0.727. The predicted molar refractivity (Wildman–Crippen MR) is 72.8 cm³/mol. The minimum Gasteiger partial charge on any atom is -0.348 e. The molecule has 0 fully saturated rings. The molecule has 1 N–H and O–H groups in total. The van der Waals surface area contributed by atoms with Crippen molar-refractivity contribution in [1.82, 2.24) is 14.9 Å². The summed E-state index contributed by atoms with van der Waals surface area (Å²) in [5, 5.41) is 3.29. The molecule has 5 nitrogen and oxygen atoms in total. The molecule has 6 heteroatoms. The van der Waals surface area contributed by atoms with Gasteiger partial charge in [0.05, 0.1) is 11.9 Å². The van der Waals surface area contributed by atoms with Gasteiger partial charge >= 0.3 is 0 Å². The van der Waals surface area contributed by atoms with Crippen LogP contribution >= 0.6 is 0 Å². The van der Waals surface area contributed by atoms with Crippen LogP contribution in [0.4, 0.5) is 5.95 Å². The molecule has 0 spiro atoms. The van der Waals surface area contributed by atoms with E-state index in [1.54, 1.807) is 0 Å². The molecule has 0 saturated carbocycles. The van der Waals surface area contributed by atoms with E-state index in [-0.39, 0.29) is 0 Å². The van der Waals surface area contributed by atoms with Crippen LogP contribution in [-0.2, 0) is 24.4 Å². The first kappa shape index (κ1) is 14.2. The molecule has 1 rings (SSSR count). The smallest absolute Gasteiger partial charge is 0.204 e. The standard InChI is InChI=1S/C11H22N4OS/c1-5-17(16)7-6-12-8-10-9-13-11(14(2)3)15(10)4/h9,12H,5-8H2,1-4H3. The molecular formula is C11H22N4OS. The number of aromatic nitrogens is 2. The second-order valence-corrected chi connectivity index (χ2v) is 5.98. The van der Waals surface area contributed by atoms with Crippen LogP contribution in [0, 0.1) is 0 Å². The van der Waals surface area contributed by atoms with E-state index in [4.69, 9.17) is 0 Å². The maximum absolute atomic E-state index is 11.2. The zero-order valence-electron chi connectivity index (χ0n) is 11.1. The molecule has 1 aromatic heterocycles. The minimum atomic E-state index is -0.685. The lowest BCUT2D eigenvalue weighted by atomic mass is 10.4. The molecule has 1 atom stereocenters. The van der Waals surface area contributed by atoms with Gasteiger partial charge in [-0.25, -0.2) is 4.98 Å². The summed E-state index contributed by atoms with van der Waals surface area (Å²) in [4.78, 5) is 6.32. The maximum Gasteiger partial charge on any atom is 0.204 e. The van der Waals surface area contributed by atoms with Crippen molar-refractivity contribution >= 4 is 16.7 Å². The molecule has 17 heavy (non-hydrogen) atoms. The van der Waals surface area contributed by atoms with E-state index in [9.17, 15) is 4.21 Å². The largest absolute Gasteiger partial charge is 0.348 e. The highest BCUT2D eigenvalue weighted by molar-refractivity contribution is 7.84. The molecule has 0 radical (unpaired) electrons. The summed E-state index contributed by atoms with van der Waals surface area (Å²) >= 11 is 0. The molecule has 0 aromatic carbocycles. The molecule has 1 unspecified atom stereocenters.